The fraction of sp³-hybridized carbons (Fsp3) is 0.545. The van der Waals surface area contributed by atoms with E-state index < -0.39 is 20.0 Å². The van der Waals surface area contributed by atoms with Crippen molar-refractivity contribution in [3.05, 3.63) is 12.7 Å². The van der Waals surface area contributed by atoms with Crippen molar-refractivity contribution in [1.82, 2.24) is 19.5 Å². The molecule has 2 atom stereocenters. The third kappa shape index (κ3) is 3.99. The summed E-state index contributed by atoms with van der Waals surface area (Å²) < 4.78 is 28.1. The lowest BCUT2D eigenvalue weighted by atomic mass is 10.3. The molecule has 122 valence electrons. The normalized spacial score (nSPS) is 15.8. The number of ether oxygens (including phenoxy) is 2. The first-order valence-corrected chi connectivity index (χ1v) is 8.12. The van der Waals surface area contributed by atoms with E-state index in [9.17, 15) is 9.46 Å². The topological polar surface area (TPSA) is 135 Å². The molecule has 0 aliphatic heterocycles. The van der Waals surface area contributed by atoms with Crippen LogP contribution < -0.4 is 5.73 Å². The van der Waals surface area contributed by atoms with Gasteiger partial charge in [0.2, 0.25) is 0 Å². The van der Waals surface area contributed by atoms with Crippen molar-refractivity contribution in [3.8, 4) is 0 Å². The number of hydrogen-bond donors (Lipinski definition) is 2. The van der Waals surface area contributed by atoms with Crippen molar-refractivity contribution in [2.45, 2.75) is 12.6 Å². The molecule has 0 bridgehead atoms. The summed E-state index contributed by atoms with van der Waals surface area (Å²) in [6, 6.07) is 0. The molecule has 0 radical (unpaired) electrons. The molecule has 10 nitrogen and oxygen atoms in total. The van der Waals surface area contributed by atoms with Crippen molar-refractivity contribution in [3.63, 3.8) is 0 Å². The van der Waals surface area contributed by atoms with Gasteiger partial charge in [-0.05, 0) is 0 Å². The van der Waals surface area contributed by atoms with Crippen LogP contribution in [-0.4, -0.2) is 57.7 Å². The van der Waals surface area contributed by atoms with E-state index in [0.29, 0.717) is 17.7 Å². The molecule has 2 aromatic heterocycles. The molecule has 0 amide bonds. The lowest BCUT2D eigenvalue weighted by molar-refractivity contribution is 0.00336. The first-order valence-electron chi connectivity index (χ1n) is 6.36. The molecule has 22 heavy (non-hydrogen) atoms. The molecular formula is C11H18N5O5P. The van der Waals surface area contributed by atoms with E-state index in [0.717, 1.165) is 7.11 Å². The van der Waals surface area contributed by atoms with Gasteiger partial charge in [-0.3, -0.25) is 4.57 Å². The summed E-state index contributed by atoms with van der Waals surface area (Å²) in [5.74, 6) is 0.284. The Morgan fingerprint density at radius 3 is 2.86 bits per heavy atom. The summed E-state index contributed by atoms with van der Waals surface area (Å²) in [4.78, 5) is 21.5. The van der Waals surface area contributed by atoms with Gasteiger partial charge in [-0.1, -0.05) is 0 Å². The molecule has 0 aliphatic carbocycles. The van der Waals surface area contributed by atoms with Gasteiger partial charge in [-0.25, -0.2) is 15.0 Å². The van der Waals surface area contributed by atoms with Crippen LogP contribution in [0.3, 0.4) is 0 Å². The Balaban J connectivity index is 2.12. The standard InChI is InChI=1S/C11H18N5O5P/c1-19-4-8(21-7-22(17,18)20-2)3-16-6-15-9-10(12)13-5-14-11(9)16/h5-6,8H,3-4,7H2,1-2H3,(H,17,18)(H2,12,13,14)/t8-/m0/s1. The molecule has 0 saturated heterocycles. The number of nitrogens with zero attached hydrogens (tertiary/aromatic N) is 4. The number of nitrogens with two attached hydrogens (primary N) is 1. The molecular weight excluding hydrogens is 313 g/mol. The predicted molar refractivity (Wildman–Crippen MR) is 78.2 cm³/mol. The SMILES string of the molecule is COC[C@H](Cn1cnc2c(N)ncnc21)OCP(=O)(O)OC. The molecule has 0 fully saturated rings. The molecule has 0 saturated carbocycles. The van der Waals surface area contributed by atoms with Gasteiger partial charge in [0.1, 0.15) is 18.2 Å². The fourth-order valence-corrected chi connectivity index (χ4v) is 2.35. The minimum absolute atomic E-state index is 0.226. The Morgan fingerprint density at radius 2 is 2.18 bits per heavy atom. The van der Waals surface area contributed by atoms with Gasteiger partial charge >= 0.3 is 7.60 Å². The molecule has 0 aliphatic rings. The molecule has 2 heterocycles. The van der Waals surface area contributed by atoms with Gasteiger partial charge in [0.25, 0.3) is 0 Å². The van der Waals surface area contributed by atoms with Crippen LogP contribution in [0.4, 0.5) is 5.82 Å². The van der Waals surface area contributed by atoms with Crippen molar-refractivity contribution < 1.29 is 23.5 Å². The first kappa shape index (κ1) is 16.8. The Kier molecular flexibility index (Phi) is 5.43. The van der Waals surface area contributed by atoms with Crippen LogP contribution in [0.15, 0.2) is 12.7 Å². The van der Waals surface area contributed by atoms with Gasteiger partial charge in [0.05, 0.1) is 25.6 Å². The lowest BCUT2D eigenvalue weighted by Gasteiger charge is -2.19. The summed E-state index contributed by atoms with van der Waals surface area (Å²) >= 11 is 0. The molecule has 1 unspecified atom stereocenters. The smallest absolute Gasteiger partial charge is 0.353 e. The quantitative estimate of drug-likeness (QED) is 0.651. The highest BCUT2D eigenvalue weighted by molar-refractivity contribution is 7.52. The number of fused-ring (bicyclic) bond motifs is 1. The highest BCUT2D eigenvalue weighted by atomic mass is 31.2. The van der Waals surface area contributed by atoms with Crippen LogP contribution in [0, 0.1) is 0 Å². The number of rotatable bonds is 8. The maximum atomic E-state index is 11.5. The second kappa shape index (κ2) is 7.12. The number of methoxy groups -OCH3 is 1. The second-order valence-electron chi connectivity index (χ2n) is 4.52. The highest BCUT2D eigenvalue weighted by Gasteiger charge is 2.22. The minimum atomic E-state index is -3.75. The molecule has 2 aromatic rings. The van der Waals surface area contributed by atoms with E-state index in [1.54, 1.807) is 10.9 Å². The van der Waals surface area contributed by atoms with Crippen LogP contribution in [0.2, 0.25) is 0 Å². The third-order valence-electron chi connectivity index (χ3n) is 2.94. The van der Waals surface area contributed by atoms with Crippen molar-refractivity contribution in [2.75, 3.05) is 32.9 Å². The van der Waals surface area contributed by atoms with Gasteiger partial charge in [-0.15, -0.1) is 0 Å². The van der Waals surface area contributed by atoms with Crippen LogP contribution in [0.25, 0.3) is 11.2 Å². The molecule has 3 N–H and O–H groups in total. The number of aromatic nitrogens is 4. The third-order valence-corrected chi connectivity index (χ3v) is 3.99. The zero-order valence-electron chi connectivity index (χ0n) is 12.2. The average Bonchev–Trinajstić information content (AvgIpc) is 2.90. The average molecular weight is 331 g/mol. The molecule has 0 spiro atoms. The summed E-state index contributed by atoms with van der Waals surface area (Å²) in [7, 11) is -1.08. The zero-order valence-corrected chi connectivity index (χ0v) is 13.1. The van der Waals surface area contributed by atoms with Gasteiger partial charge in [-0.2, -0.15) is 0 Å². The maximum Gasteiger partial charge on any atom is 0.353 e. The Morgan fingerprint density at radius 1 is 1.41 bits per heavy atom. The minimum Gasteiger partial charge on any atom is -0.382 e. The van der Waals surface area contributed by atoms with Gasteiger partial charge in [0, 0.05) is 14.2 Å². The Labute approximate surface area is 126 Å². The Hall–Kier alpha value is -1.58. The molecule has 0 aromatic carbocycles. The number of hydrogen-bond acceptors (Lipinski definition) is 8. The predicted octanol–water partition coefficient (Wildman–Crippen LogP) is 0.229. The van der Waals surface area contributed by atoms with Crippen molar-refractivity contribution in [1.29, 1.82) is 0 Å². The van der Waals surface area contributed by atoms with E-state index in [1.807, 2.05) is 0 Å². The number of anilines is 1. The maximum absolute atomic E-state index is 11.5. The van der Waals surface area contributed by atoms with Gasteiger partial charge in [0.15, 0.2) is 11.5 Å². The first-order chi connectivity index (χ1) is 10.5. The van der Waals surface area contributed by atoms with Crippen LogP contribution in [-0.2, 0) is 25.1 Å². The molecule has 2 rings (SSSR count). The van der Waals surface area contributed by atoms with E-state index in [-0.39, 0.29) is 12.4 Å². The van der Waals surface area contributed by atoms with Crippen LogP contribution in [0.1, 0.15) is 0 Å². The van der Waals surface area contributed by atoms with E-state index >= 15 is 0 Å². The fourth-order valence-electron chi connectivity index (χ4n) is 1.84. The van der Waals surface area contributed by atoms with E-state index in [2.05, 4.69) is 19.5 Å². The monoisotopic (exact) mass is 331 g/mol. The summed E-state index contributed by atoms with van der Waals surface area (Å²) in [6.07, 6.45) is 1.99. The summed E-state index contributed by atoms with van der Waals surface area (Å²) in [6.45, 7) is 0.550. The Bertz CT molecular complexity index is 678. The zero-order chi connectivity index (χ0) is 16.2. The number of nitrogen functional groups attached to an aromatic ring is 1. The largest absolute Gasteiger partial charge is 0.382 e. The van der Waals surface area contributed by atoms with E-state index in [4.69, 9.17) is 15.2 Å². The van der Waals surface area contributed by atoms with Crippen LogP contribution in [0.5, 0.6) is 0 Å². The lowest BCUT2D eigenvalue weighted by Crippen LogP contribution is -2.25. The highest BCUT2D eigenvalue weighted by Crippen LogP contribution is 2.40. The van der Waals surface area contributed by atoms with E-state index in [1.165, 1.54) is 13.4 Å². The molecule has 11 heteroatoms. The second-order valence-corrected chi connectivity index (χ2v) is 6.42. The van der Waals surface area contributed by atoms with Crippen molar-refractivity contribution >= 4 is 24.6 Å². The summed E-state index contributed by atoms with van der Waals surface area (Å²) in [5, 5.41) is 0. The number of imidazole rings is 1. The summed E-state index contributed by atoms with van der Waals surface area (Å²) in [5.41, 5.74) is 6.76. The van der Waals surface area contributed by atoms with Crippen molar-refractivity contribution in [2.24, 2.45) is 0 Å². The van der Waals surface area contributed by atoms with Gasteiger partial charge < -0.3 is 29.2 Å². The van der Waals surface area contributed by atoms with Crippen LogP contribution >= 0.6 is 7.60 Å².